The van der Waals surface area contributed by atoms with Crippen molar-refractivity contribution in [3.8, 4) is 0 Å². The molecular formula is C20H26ClN2O+. The van der Waals surface area contributed by atoms with Crippen molar-refractivity contribution in [3.05, 3.63) is 64.2 Å². The second-order valence-corrected chi connectivity index (χ2v) is 7.12. The maximum absolute atomic E-state index is 12.4. The number of hydrogen-bond donors (Lipinski definition) is 2. The van der Waals surface area contributed by atoms with Crippen LogP contribution >= 0.6 is 11.6 Å². The third kappa shape index (κ3) is 5.08. The predicted molar refractivity (Wildman–Crippen MR) is 101 cm³/mol. The first-order chi connectivity index (χ1) is 11.4. The number of rotatable bonds is 6. The highest BCUT2D eigenvalue weighted by Crippen LogP contribution is 2.27. The van der Waals surface area contributed by atoms with Crippen LogP contribution in [0.3, 0.4) is 0 Å². The number of para-hydroxylation sites is 1. The Labute approximate surface area is 149 Å². The Balaban J connectivity index is 2.01. The first-order valence-electron chi connectivity index (χ1n) is 8.32. The molecule has 2 aromatic rings. The summed E-state index contributed by atoms with van der Waals surface area (Å²) in [6.45, 7) is 7.49. The van der Waals surface area contributed by atoms with E-state index in [1.54, 1.807) is 0 Å². The van der Waals surface area contributed by atoms with E-state index in [1.807, 2.05) is 50.4 Å². The molecule has 0 saturated carbocycles. The van der Waals surface area contributed by atoms with Crippen molar-refractivity contribution < 1.29 is 9.69 Å². The number of carbonyl (C=O) groups is 1. The minimum absolute atomic E-state index is 0.0331. The van der Waals surface area contributed by atoms with Crippen molar-refractivity contribution in [2.45, 2.75) is 33.2 Å². The summed E-state index contributed by atoms with van der Waals surface area (Å²) >= 11 is 6.02. The molecular weight excluding hydrogens is 320 g/mol. The lowest BCUT2D eigenvalue weighted by atomic mass is 9.98. The quantitative estimate of drug-likeness (QED) is 0.826. The summed E-state index contributed by atoms with van der Waals surface area (Å²) in [6.07, 6.45) is 0. The molecule has 4 heteroatoms. The Morgan fingerprint density at radius 2 is 1.92 bits per heavy atom. The molecule has 0 aromatic heterocycles. The van der Waals surface area contributed by atoms with E-state index in [0.717, 1.165) is 33.3 Å². The SMILES string of the molecule is Cc1cccc(C(C)C)c1NC(=O)C[NH+](C)Cc1cccc(Cl)c1. The lowest BCUT2D eigenvalue weighted by Gasteiger charge is -2.18. The predicted octanol–water partition coefficient (Wildman–Crippen LogP) is 3.43. The fourth-order valence-electron chi connectivity index (χ4n) is 2.86. The van der Waals surface area contributed by atoms with Gasteiger partial charge in [0, 0.05) is 16.3 Å². The van der Waals surface area contributed by atoms with Gasteiger partial charge in [-0.1, -0.05) is 55.8 Å². The standard InChI is InChI=1S/C20H25ClN2O/c1-14(2)18-10-5-7-15(3)20(18)22-19(24)13-23(4)12-16-8-6-9-17(21)11-16/h5-11,14H,12-13H2,1-4H3,(H,22,24)/p+1. The van der Waals surface area contributed by atoms with Gasteiger partial charge in [-0.15, -0.1) is 0 Å². The van der Waals surface area contributed by atoms with Crippen molar-refractivity contribution in [2.24, 2.45) is 0 Å². The Hall–Kier alpha value is -1.84. The van der Waals surface area contributed by atoms with Crippen molar-refractivity contribution in [2.75, 3.05) is 18.9 Å². The first kappa shape index (κ1) is 18.5. The molecule has 0 heterocycles. The van der Waals surface area contributed by atoms with Crippen molar-refractivity contribution in [1.82, 2.24) is 0 Å². The third-order valence-corrected chi connectivity index (χ3v) is 4.28. The Bertz CT molecular complexity index is 713. The molecule has 0 radical (unpaired) electrons. The molecule has 1 atom stereocenters. The highest BCUT2D eigenvalue weighted by Gasteiger charge is 2.15. The molecule has 0 aliphatic carbocycles. The van der Waals surface area contributed by atoms with Crippen molar-refractivity contribution in [3.63, 3.8) is 0 Å². The summed E-state index contributed by atoms with van der Waals surface area (Å²) in [5.41, 5.74) is 4.36. The molecule has 1 unspecified atom stereocenters. The van der Waals surface area contributed by atoms with Gasteiger partial charge in [0.2, 0.25) is 0 Å². The molecule has 0 saturated heterocycles. The topological polar surface area (TPSA) is 33.5 Å². The highest BCUT2D eigenvalue weighted by molar-refractivity contribution is 6.30. The summed E-state index contributed by atoms with van der Waals surface area (Å²) in [5.74, 6) is 0.405. The smallest absolute Gasteiger partial charge is 0.279 e. The maximum atomic E-state index is 12.4. The van der Waals surface area contributed by atoms with Gasteiger partial charge in [0.15, 0.2) is 6.54 Å². The van der Waals surface area contributed by atoms with Crippen LogP contribution in [0.4, 0.5) is 5.69 Å². The van der Waals surface area contributed by atoms with Gasteiger partial charge in [0.05, 0.1) is 7.05 Å². The fourth-order valence-corrected chi connectivity index (χ4v) is 3.07. The Kier molecular flexibility index (Phi) is 6.41. The molecule has 0 bridgehead atoms. The van der Waals surface area contributed by atoms with E-state index in [4.69, 9.17) is 11.6 Å². The molecule has 24 heavy (non-hydrogen) atoms. The number of halogens is 1. The Morgan fingerprint density at radius 3 is 2.58 bits per heavy atom. The van der Waals surface area contributed by atoms with Gasteiger partial charge in [0.25, 0.3) is 5.91 Å². The van der Waals surface area contributed by atoms with Gasteiger partial charge < -0.3 is 10.2 Å². The van der Waals surface area contributed by atoms with E-state index in [1.165, 1.54) is 5.56 Å². The van der Waals surface area contributed by atoms with Crippen LogP contribution in [0.5, 0.6) is 0 Å². The normalized spacial score (nSPS) is 12.2. The molecule has 2 N–H and O–H groups in total. The van der Waals surface area contributed by atoms with Gasteiger partial charge in [-0.05, 0) is 36.1 Å². The molecule has 128 valence electrons. The van der Waals surface area contributed by atoms with Crippen molar-refractivity contribution >= 4 is 23.2 Å². The zero-order valence-corrected chi connectivity index (χ0v) is 15.6. The van der Waals surface area contributed by atoms with Crippen LogP contribution in [0.1, 0.15) is 36.5 Å². The van der Waals surface area contributed by atoms with E-state index in [-0.39, 0.29) is 5.91 Å². The monoisotopic (exact) mass is 345 g/mol. The van der Waals surface area contributed by atoms with Gasteiger partial charge >= 0.3 is 0 Å². The van der Waals surface area contributed by atoms with E-state index < -0.39 is 0 Å². The number of likely N-dealkylation sites (N-methyl/N-ethyl adjacent to an activating group) is 1. The van der Waals surface area contributed by atoms with Crippen LogP contribution in [0.15, 0.2) is 42.5 Å². The fraction of sp³-hybridized carbons (Fsp3) is 0.350. The number of aryl methyl sites for hydroxylation is 1. The van der Waals surface area contributed by atoms with Crippen LogP contribution in [0, 0.1) is 6.92 Å². The summed E-state index contributed by atoms with van der Waals surface area (Å²) < 4.78 is 0. The maximum Gasteiger partial charge on any atom is 0.279 e. The molecule has 0 fully saturated rings. The van der Waals surface area contributed by atoms with Crippen LogP contribution in [0.25, 0.3) is 0 Å². The van der Waals surface area contributed by atoms with Crippen LogP contribution in [-0.4, -0.2) is 19.5 Å². The van der Waals surface area contributed by atoms with Crippen LogP contribution in [-0.2, 0) is 11.3 Å². The number of nitrogens with one attached hydrogen (secondary N) is 2. The number of hydrogen-bond acceptors (Lipinski definition) is 1. The number of benzene rings is 2. The van der Waals surface area contributed by atoms with E-state index >= 15 is 0 Å². The minimum atomic E-state index is 0.0331. The zero-order valence-electron chi connectivity index (χ0n) is 14.8. The summed E-state index contributed by atoms with van der Waals surface area (Å²) in [7, 11) is 2.02. The van der Waals surface area contributed by atoms with Gasteiger partial charge in [0.1, 0.15) is 6.54 Å². The van der Waals surface area contributed by atoms with Gasteiger partial charge in [-0.25, -0.2) is 0 Å². The van der Waals surface area contributed by atoms with E-state index in [0.29, 0.717) is 12.5 Å². The number of quaternary nitrogens is 1. The van der Waals surface area contributed by atoms with Crippen LogP contribution < -0.4 is 10.2 Å². The lowest BCUT2D eigenvalue weighted by Crippen LogP contribution is -3.08. The lowest BCUT2D eigenvalue weighted by molar-refractivity contribution is -0.885. The number of carbonyl (C=O) groups excluding carboxylic acids is 1. The molecule has 3 nitrogen and oxygen atoms in total. The highest BCUT2D eigenvalue weighted by atomic mass is 35.5. The molecule has 0 spiro atoms. The molecule has 1 amide bonds. The van der Waals surface area contributed by atoms with Gasteiger partial charge in [-0.3, -0.25) is 4.79 Å². The zero-order chi connectivity index (χ0) is 17.7. The summed E-state index contributed by atoms with van der Waals surface area (Å²) in [5, 5.41) is 3.83. The second-order valence-electron chi connectivity index (χ2n) is 6.68. The second kappa shape index (κ2) is 8.32. The third-order valence-electron chi connectivity index (χ3n) is 4.05. The average molecular weight is 346 g/mol. The average Bonchev–Trinajstić information content (AvgIpc) is 2.48. The minimum Gasteiger partial charge on any atom is -0.326 e. The summed E-state index contributed by atoms with van der Waals surface area (Å²) in [4.78, 5) is 13.6. The van der Waals surface area contributed by atoms with E-state index in [2.05, 4.69) is 25.2 Å². The molecule has 0 aliphatic rings. The van der Waals surface area contributed by atoms with Crippen LogP contribution in [0.2, 0.25) is 5.02 Å². The van der Waals surface area contributed by atoms with Crippen molar-refractivity contribution in [1.29, 1.82) is 0 Å². The summed E-state index contributed by atoms with van der Waals surface area (Å²) in [6, 6.07) is 13.9. The first-order valence-corrected chi connectivity index (χ1v) is 8.69. The molecule has 2 rings (SSSR count). The van der Waals surface area contributed by atoms with Gasteiger partial charge in [-0.2, -0.15) is 0 Å². The van der Waals surface area contributed by atoms with E-state index in [9.17, 15) is 4.79 Å². The Morgan fingerprint density at radius 1 is 1.21 bits per heavy atom. The number of amides is 1. The largest absolute Gasteiger partial charge is 0.326 e. The number of anilines is 1. The molecule has 2 aromatic carbocycles. The molecule has 0 aliphatic heterocycles.